The van der Waals surface area contributed by atoms with Gasteiger partial charge in [-0.2, -0.15) is 5.10 Å². The molecular formula is C24H24N6O2. The van der Waals surface area contributed by atoms with Crippen molar-refractivity contribution in [3.63, 3.8) is 0 Å². The van der Waals surface area contributed by atoms with Gasteiger partial charge in [0.15, 0.2) is 11.6 Å². The van der Waals surface area contributed by atoms with Gasteiger partial charge in [0.2, 0.25) is 0 Å². The van der Waals surface area contributed by atoms with E-state index in [9.17, 15) is 9.90 Å². The first-order valence-electron chi connectivity index (χ1n) is 10.2. The molecule has 3 N–H and O–H groups in total. The van der Waals surface area contributed by atoms with E-state index in [1.165, 1.54) is 10.7 Å². The Kier molecular flexibility index (Phi) is 6.23. The van der Waals surface area contributed by atoms with Gasteiger partial charge in [0.25, 0.3) is 5.56 Å². The lowest BCUT2D eigenvalue weighted by Crippen LogP contribution is -2.28. The molecule has 8 heteroatoms. The molecule has 2 aromatic carbocycles. The molecule has 0 saturated heterocycles. The second-order valence-electron chi connectivity index (χ2n) is 7.31. The average Bonchev–Trinajstić information content (AvgIpc) is 2.82. The van der Waals surface area contributed by atoms with Crippen LogP contribution in [0.15, 0.2) is 77.6 Å². The van der Waals surface area contributed by atoms with E-state index in [-0.39, 0.29) is 18.0 Å². The summed E-state index contributed by atoms with van der Waals surface area (Å²) in [7, 11) is 1.59. The quantitative estimate of drug-likeness (QED) is 0.465. The van der Waals surface area contributed by atoms with Gasteiger partial charge in [-0.1, -0.05) is 60.7 Å². The van der Waals surface area contributed by atoms with Crippen LogP contribution in [0.3, 0.4) is 0 Å². The molecule has 0 unspecified atom stereocenters. The Balaban J connectivity index is 1.88. The average molecular weight is 428 g/mol. The fraction of sp³-hybridized carbons (Fsp3) is 0.167. The zero-order chi connectivity index (χ0) is 22.5. The van der Waals surface area contributed by atoms with Gasteiger partial charge in [0, 0.05) is 31.8 Å². The fourth-order valence-corrected chi connectivity index (χ4v) is 3.46. The zero-order valence-electron chi connectivity index (χ0n) is 17.7. The Hall–Kier alpha value is -4.04. The van der Waals surface area contributed by atoms with Crippen LogP contribution in [0.25, 0.3) is 22.6 Å². The van der Waals surface area contributed by atoms with Crippen LogP contribution in [0.4, 0.5) is 11.6 Å². The van der Waals surface area contributed by atoms with E-state index in [1.807, 2.05) is 65.6 Å². The third kappa shape index (κ3) is 4.50. The number of nitrogens with two attached hydrogens (primary N) is 1. The molecule has 0 aliphatic heterocycles. The molecule has 0 bridgehead atoms. The number of nitrogens with zero attached hydrogens (tertiary/aromatic N) is 5. The number of anilines is 2. The van der Waals surface area contributed by atoms with E-state index in [0.29, 0.717) is 36.0 Å². The molecule has 0 atom stereocenters. The predicted octanol–water partition coefficient (Wildman–Crippen LogP) is 2.49. The first kappa shape index (κ1) is 21.2. The minimum Gasteiger partial charge on any atom is -0.395 e. The summed E-state index contributed by atoms with van der Waals surface area (Å²) < 4.78 is 1.26. The third-order valence-corrected chi connectivity index (χ3v) is 5.04. The number of benzene rings is 2. The summed E-state index contributed by atoms with van der Waals surface area (Å²) in [6.07, 6.45) is 0. The molecule has 32 heavy (non-hydrogen) atoms. The lowest BCUT2D eigenvalue weighted by molar-refractivity contribution is 0.301. The molecule has 0 saturated carbocycles. The molecule has 8 nitrogen and oxygen atoms in total. The van der Waals surface area contributed by atoms with E-state index >= 15 is 0 Å². The summed E-state index contributed by atoms with van der Waals surface area (Å²) in [4.78, 5) is 23.3. The fourth-order valence-electron chi connectivity index (χ4n) is 3.46. The lowest BCUT2D eigenvalue weighted by Gasteiger charge is -2.25. The highest BCUT2D eigenvalue weighted by molar-refractivity contribution is 5.80. The Labute approximate surface area is 185 Å². The van der Waals surface area contributed by atoms with Gasteiger partial charge in [-0.15, -0.1) is 0 Å². The van der Waals surface area contributed by atoms with Crippen LogP contribution in [0, 0.1) is 0 Å². The minimum absolute atomic E-state index is 0.0676. The van der Waals surface area contributed by atoms with Crippen molar-refractivity contribution in [1.82, 2.24) is 19.7 Å². The Bertz CT molecular complexity index is 1260. The molecule has 0 spiro atoms. The van der Waals surface area contributed by atoms with Crippen molar-refractivity contribution in [1.29, 1.82) is 0 Å². The van der Waals surface area contributed by atoms with E-state index in [2.05, 4.69) is 10.1 Å². The highest BCUT2D eigenvalue weighted by Crippen LogP contribution is 2.32. The molecule has 0 amide bonds. The van der Waals surface area contributed by atoms with Crippen molar-refractivity contribution in [2.75, 3.05) is 23.8 Å². The van der Waals surface area contributed by atoms with Crippen molar-refractivity contribution in [2.24, 2.45) is 7.05 Å². The number of aliphatic hydroxyl groups is 1. The van der Waals surface area contributed by atoms with Crippen LogP contribution in [0.2, 0.25) is 0 Å². The third-order valence-electron chi connectivity index (χ3n) is 5.04. The standard InChI is InChI=1S/C24H24N6O2/c1-29-20(32)13-12-19(28-29)22-21(18-10-6-3-7-11-18)26-23(25)24(27-22)30(14-15-31)16-17-8-4-2-5-9-17/h2-13,31H,14-16H2,1H3,(H2,25,26). The van der Waals surface area contributed by atoms with Gasteiger partial charge in [0.05, 0.1) is 6.61 Å². The summed E-state index contributed by atoms with van der Waals surface area (Å²) in [5.74, 6) is 0.704. The monoisotopic (exact) mass is 428 g/mol. The van der Waals surface area contributed by atoms with Crippen molar-refractivity contribution in [3.05, 3.63) is 88.7 Å². The lowest BCUT2D eigenvalue weighted by atomic mass is 10.1. The van der Waals surface area contributed by atoms with Gasteiger partial charge in [-0.25, -0.2) is 14.6 Å². The SMILES string of the molecule is Cn1nc(-c2nc(N(CCO)Cc3ccccc3)c(N)nc2-c2ccccc2)ccc1=O. The maximum atomic E-state index is 11.9. The first-order chi connectivity index (χ1) is 15.6. The topological polar surface area (TPSA) is 110 Å². The van der Waals surface area contributed by atoms with Crippen LogP contribution >= 0.6 is 0 Å². The Morgan fingerprint density at radius 1 is 0.938 bits per heavy atom. The van der Waals surface area contributed by atoms with Crippen LogP contribution in [0.1, 0.15) is 5.56 Å². The summed E-state index contributed by atoms with van der Waals surface area (Å²) in [5.41, 5.74) is 9.62. The van der Waals surface area contributed by atoms with E-state index in [0.717, 1.165) is 11.1 Å². The van der Waals surface area contributed by atoms with Crippen molar-refractivity contribution >= 4 is 11.6 Å². The minimum atomic E-state index is -0.218. The molecule has 0 fully saturated rings. The summed E-state index contributed by atoms with van der Waals surface area (Å²) >= 11 is 0. The van der Waals surface area contributed by atoms with Crippen molar-refractivity contribution in [3.8, 4) is 22.6 Å². The molecule has 2 aromatic heterocycles. The summed E-state index contributed by atoms with van der Waals surface area (Å²) in [5, 5.41) is 14.1. The number of nitrogen functional groups attached to an aromatic ring is 1. The number of aryl methyl sites for hydroxylation is 1. The molecule has 4 rings (SSSR count). The predicted molar refractivity (Wildman–Crippen MR) is 125 cm³/mol. The number of aliphatic hydroxyl groups excluding tert-OH is 1. The molecular weight excluding hydrogens is 404 g/mol. The highest BCUT2D eigenvalue weighted by Gasteiger charge is 2.20. The van der Waals surface area contributed by atoms with Crippen LogP contribution in [-0.4, -0.2) is 38.0 Å². The van der Waals surface area contributed by atoms with Crippen LogP contribution in [-0.2, 0) is 13.6 Å². The van der Waals surface area contributed by atoms with E-state index < -0.39 is 0 Å². The molecule has 162 valence electrons. The number of rotatable bonds is 7. The second kappa shape index (κ2) is 9.40. The molecule has 0 radical (unpaired) electrons. The summed E-state index contributed by atoms with van der Waals surface area (Å²) in [6.45, 7) is 0.769. The van der Waals surface area contributed by atoms with Gasteiger partial charge in [-0.05, 0) is 11.6 Å². The first-order valence-corrected chi connectivity index (χ1v) is 10.2. The summed E-state index contributed by atoms with van der Waals surface area (Å²) in [6, 6.07) is 22.5. The maximum Gasteiger partial charge on any atom is 0.266 e. The molecule has 4 aromatic rings. The van der Waals surface area contributed by atoms with E-state index in [4.69, 9.17) is 10.7 Å². The molecule has 2 heterocycles. The smallest absolute Gasteiger partial charge is 0.266 e. The number of hydrogen-bond acceptors (Lipinski definition) is 7. The highest BCUT2D eigenvalue weighted by atomic mass is 16.3. The largest absolute Gasteiger partial charge is 0.395 e. The van der Waals surface area contributed by atoms with E-state index in [1.54, 1.807) is 13.1 Å². The van der Waals surface area contributed by atoms with Gasteiger partial charge < -0.3 is 15.7 Å². The van der Waals surface area contributed by atoms with Gasteiger partial charge in [-0.3, -0.25) is 4.79 Å². The number of aromatic nitrogens is 4. The van der Waals surface area contributed by atoms with Crippen LogP contribution in [0.5, 0.6) is 0 Å². The van der Waals surface area contributed by atoms with Gasteiger partial charge in [0.1, 0.15) is 17.1 Å². The second-order valence-corrected chi connectivity index (χ2v) is 7.31. The zero-order valence-corrected chi connectivity index (χ0v) is 17.7. The normalized spacial score (nSPS) is 10.8. The Morgan fingerprint density at radius 3 is 2.28 bits per heavy atom. The van der Waals surface area contributed by atoms with Crippen molar-refractivity contribution in [2.45, 2.75) is 6.54 Å². The molecule has 0 aliphatic carbocycles. The van der Waals surface area contributed by atoms with Gasteiger partial charge >= 0.3 is 0 Å². The Morgan fingerprint density at radius 2 is 1.62 bits per heavy atom. The molecule has 0 aliphatic rings. The van der Waals surface area contributed by atoms with Crippen molar-refractivity contribution < 1.29 is 5.11 Å². The van der Waals surface area contributed by atoms with Crippen LogP contribution < -0.4 is 16.2 Å². The maximum absolute atomic E-state index is 11.9. The number of hydrogen-bond donors (Lipinski definition) is 2.